The van der Waals surface area contributed by atoms with Crippen molar-refractivity contribution in [2.45, 2.75) is 59.7 Å². The van der Waals surface area contributed by atoms with E-state index in [1.165, 1.54) is 0 Å². The van der Waals surface area contributed by atoms with E-state index in [0.717, 1.165) is 0 Å². The molecule has 0 aromatic heterocycles. The topological polar surface area (TPSA) is 55.8 Å². The molecule has 4 nitrogen and oxygen atoms in total. The van der Waals surface area contributed by atoms with E-state index >= 15 is 0 Å². The van der Waals surface area contributed by atoms with Crippen LogP contribution in [0.3, 0.4) is 0 Å². The first kappa shape index (κ1) is 14.4. The van der Waals surface area contributed by atoms with Gasteiger partial charge in [-0.2, -0.15) is 0 Å². The summed E-state index contributed by atoms with van der Waals surface area (Å²) in [6.07, 6.45) is -0.498. The zero-order chi connectivity index (χ0) is 12.3. The van der Waals surface area contributed by atoms with Crippen molar-refractivity contribution in [1.82, 2.24) is 0 Å². The minimum Gasteiger partial charge on any atom is -0.479 e. The van der Waals surface area contributed by atoms with Crippen LogP contribution in [-0.4, -0.2) is 22.8 Å². The van der Waals surface area contributed by atoms with Crippen LogP contribution >= 0.6 is 0 Å². The van der Waals surface area contributed by atoms with E-state index in [-0.39, 0.29) is 5.41 Å². The highest BCUT2D eigenvalue weighted by molar-refractivity contribution is 5.72. The predicted molar refractivity (Wildman–Crippen MR) is 57.4 cm³/mol. The number of rotatable bonds is 4. The standard InChI is InChI=1S/C11H22O4/c1-10(2,3)7-8(9(12)13)14-15-11(4,5)6/h8H,7H2,1-6H3,(H,12,13). The van der Waals surface area contributed by atoms with Gasteiger partial charge in [-0.15, -0.1) is 0 Å². The summed E-state index contributed by atoms with van der Waals surface area (Å²) in [5.74, 6) is -0.992. The number of aliphatic carboxylic acids is 1. The Balaban J connectivity index is 4.25. The Kier molecular flexibility index (Phi) is 4.74. The number of carbonyl (C=O) groups is 1. The second kappa shape index (κ2) is 4.94. The zero-order valence-corrected chi connectivity index (χ0v) is 10.5. The lowest BCUT2D eigenvalue weighted by Crippen LogP contribution is -2.32. The number of carboxylic acid groups (broad SMARTS) is 1. The fourth-order valence-electron chi connectivity index (χ4n) is 0.921. The van der Waals surface area contributed by atoms with Gasteiger partial charge in [-0.05, 0) is 32.6 Å². The van der Waals surface area contributed by atoms with Crippen molar-refractivity contribution >= 4 is 5.97 Å². The quantitative estimate of drug-likeness (QED) is 0.582. The Morgan fingerprint density at radius 1 is 1.20 bits per heavy atom. The third kappa shape index (κ3) is 8.39. The van der Waals surface area contributed by atoms with Crippen molar-refractivity contribution in [1.29, 1.82) is 0 Å². The van der Waals surface area contributed by atoms with Gasteiger partial charge in [0.25, 0.3) is 0 Å². The maximum Gasteiger partial charge on any atom is 0.336 e. The molecule has 0 aromatic carbocycles. The van der Waals surface area contributed by atoms with Crippen LogP contribution in [0.4, 0.5) is 0 Å². The van der Waals surface area contributed by atoms with Gasteiger partial charge in [0, 0.05) is 0 Å². The normalized spacial score (nSPS) is 15.1. The van der Waals surface area contributed by atoms with E-state index in [1.807, 2.05) is 41.5 Å². The monoisotopic (exact) mass is 218 g/mol. The minimum atomic E-state index is -0.992. The van der Waals surface area contributed by atoms with Crippen LogP contribution in [-0.2, 0) is 14.6 Å². The molecule has 0 rings (SSSR count). The van der Waals surface area contributed by atoms with Crippen molar-refractivity contribution in [2.75, 3.05) is 0 Å². The molecular formula is C11H22O4. The molecule has 0 heterocycles. The third-order valence-electron chi connectivity index (χ3n) is 1.49. The Labute approximate surface area is 91.5 Å². The van der Waals surface area contributed by atoms with E-state index in [9.17, 15) is 4.79 Å². The molecule has 0 spiro atoms. The average Bonchev–Trinajstić information content (AvgIpc) is 1.93. The average molecular weight is 218 g/mol. The van der Waals surface area contributed by atoms with Gasteiger partial charge in [-0.1, -0.05) is 20.8 Å². The molecule has 1 atom stereocenters. The molecule has 90 valence electrons. The van der Waals surface area contributed by atoms with Crippen LogP contribution in [0.25, 0.3) is 0 Å². The van der Waals surface area contributed by atoms with E-state index < -0.39 is 17.7 Å². The first-order chi connectivity index (χ1) is 6.51. The minimum absolute atomic E-state index is 0.107. The largest absolute Gasteiger partial charge is 0.479 e. The maximum absolute atomic E-state index is 10.9. The molecule has 0 bridgehead atoms. The van der Waals surface area contributed by atoms with Crippen molar-refractivity contribution < 1.29 is 19.7 Å². The number of hydrogen-bond acceptors (Lipinski definition) is 3. The van der Waals surface area contributed by atoms with Crippen molar-refractivity contribution in [3.05, 3.63) is 0 Å². The van der Waals surface area contributed by atoms with Crippen LogP contribution in [0.2, 0.25) is 0 Å². The van der Waals surface area contributed by atoms with E-state index in [0.29, 0.717) is 6.42 Å². The Hall–Kier alpha value is -0.610. The highest BCUT2D eigenvalue weighted by Crippen LogP contribution is 2.23. The summed E-state index contributed by atoms with van der Waals surface area (Å²) in [6.45, 7) is 11.3. The van der Waals surface area contributed by atoms with Crippen LogP contribution in [0, 0.1) is 5.41 Å². The van der Waals surface area contributed by atoms with Gasteiger partial charge in [0.1, 0.15) is 0 Å². The summed E-state index contributed by atoms with van der Waals surface area (Å²) in [6, 6.07) is 0. The van der Waals surface area contributed by atoms with Gasteiger partial charge < -0.3 is 5.11 Å². The van der Waals surface area contributed by atoms with Crippen LogP contribution < -0.4 is 0 Å². The molecule has 0 aliphatic heterocycles. The Morgan fingerprint density at radius 2 is 1.67 bits per heavy atom. The van der Waals surface area contributed by atoms with E-state index in [4.69, 9.17) is 14.9 Å². The predicted octanol–water partition coefficient (Wildman–Crippen LogP) is 2.62. The lowest BCUT2D eigenvalue weighted by Gasteiger charge is -2.25. The van der Waals surface area contributed by atoms with Crippen molar-refractivity contribution in [3.63, 3.8) is 0 Å². The van der Waals surface area contributed by atoms with Crippen LogP contribution in [0.15, 0.2) is 0 Å². The summed E-state index contributed by atoms with van der Waals surface area (Å²) >= 11 is 0. The Morgan fingerprint density at radius 3 is 1.93 bits per heavy atom. The van der Waals surface area contributed by atoms with Gasteiger partial charge in [-0.25, -0.2) is 14.6 Å². The molecule has 0 fully saturated rings. The summed E-state index contributed by atoms with van der Waals surface area (Å²) in [4.78, 5) is 20.9. The number of hydrogen-bond donors (Lipinski definition) is 1. The molecule has 1 unspecified atom stereocenters. The van der Waals surface area contributed by atoms with Gasteiger partial charge in [0.2, 0.25) is 0 Å². The summed E-state index contributed by atoms with van der Waals surface area (Å²) in [5.41, 5.74) is -0.601. The molecule has 4 heteroatoms. The molecule has 15 heavy (non-hydrogen) atoms. The number of carboxylic acids is 1. The first-order valence-corrected chi connectivity index (χ1v) is 5.08. The highest BCUT2D eigenvalue weighted by Gasteiger charge is 2.28. The molecule has 0 amide bonds. The molecule has 0 aromatic rings. The molecule has 0 radical (unpaired) electrons. The summed E-state index contributed by atoms with van der Waals surface area (Å²) in [7, 11) is 0. The SMILES string of the molecule is CC(C)(C)CC(OOC(C)(C)C)C(=O)O. The molecule has 0 aliphatic carbocycles. The van der Waals surface area contributed by atoms with Gasteiger partial charge in [0.05, 0.1) is 5.60 Å². The van der Waals surface area contributed by atoms with Crippen molar-refractivity contribution in [2.24, 2.45) is 5.41 Å². The van der Waals surface area contributed by atoms with Crippen molar-refractivity contribution in [3.8, 4) is 0 Å². The summed E-state index contributed by atoms with van der Waals surface area (Å²) in [5, 5.41) is 8.93. The lowest BCUT2D eigenvalue weighted by molar-refractivity contribution is -0.370. The highest BCUT2D eigenvalue weighted by atomic mass is 17.2. The van der Waals surface area contributed by atoms with Gasteiger partial charge in [0.15, 0.2) is 6.10 Å². The zero-order valence-electron chi connectivity index (χ0n) is 10.5. The fraction of sp³-hybridized carbons (Fsp3) is 0.909. The van der Waals surface area contributed by atoms with E-state index in [2.05, 4.69) is 0 Å². The Bertz CT molecular complexity index is 210. The third-order valence-corrected chi connectivity index (χ3v) is 1.49. The second-order valence-corrected chi connectivity index (χ2v) is 5.88. The first-order valence-electron chi connectivity index (χ1n) is 5.08. The summed E-state index contributed by atoms with van der Waals surface area (Å²) < 4.78 is 0. The maximum atomic E-state index is 10.9. The molecule has 1 N–H and O–H groups in total. The molecule has 0 aliphatic rings. The van der Waals surface area contributed by atoms with Gasteiger partial charge in [-0.3, -0.25) is 0 Å². The lowest BCUT2D eigenvalue weighted by atomic mass is 9.89. The van der Waals surface area contributed by atoms with Crippen LogP contribution in [0.1, 0.15) is 48.0 Å². The molecular weight excluding hydrogens is 196 g/mol. The van der Waals surface area contributed by atoms with E-state index in [1.54, 1.807) is 0 Å². The smallest absolute Gasteiger partial charge is 0.336 e. The van der Waals surface area contributed by atoms with Crippen LogP contribution in [0.5, 0.6) is 0 Å². The molecule has 0 saturated carbocycles. The molecule has 0 saturated heterocycles. The fourth-order valence-corrected chi connectivity index (χ4v) is 0.921. The van der Waals surface area contributed by atoms with Gasteiger partial charge >= 0.3 is 5.97 Å². The second-order valence-electron chi connectivity index (χ2n) is 5.88.